The molecule has 0 unspecified atom stereocenters. The molecule has 1 saturated heterocycles. The van der Waals surface area contributed by atoms with Gasteiger partial charge in [0.05, 0.1) is 6.54 Å². The molecule has 1 fully saturated rings. The number of hydrogen-bond donors (Lipinski definition) is 1. The average Bonchev–Trinajstić information content (AvgIpc) is 2.39. The van der Waals surface area contributed by atoms with Crippen LogP contribution in [0.25, 0.3) is 0 Å². The minimum Gasteiger partial charge on any atom is -0.494 e. The second-order valence-corrected chi connectivity index (χ2v) is 4.16. The van der Waals surface area contributed by atoms with Crippen LogP contribution in [0.15, 0.2) is 12.0 Å². The molecule has 0 bridgehead atoms. The van der Waals surface area contributed by atoms with Crippen LogP contribution < -0.4 is 0 Å². The Labute approximate surface area is 105 Å². The molecule has 0 saturated carbocycles. The van der Waals surface area contributed by atoms with Gasteiger partial charge in [-0.15, -0.1) is 0 Å². The van der Waals surface area contributed by atoms with Crippen LogP contribution in [-0.2, 0) is 19.1 Å². The Kier molecular flexibility index (Phi) is 4.03. The van der Waals surface area contributed by atoms with Gasteiger partial charge in [0.25, 0.3) is 5.91 Å². The van der Waals surface area contributed by atoms with Crippen LogP contribution in [0.1, 0.15) is 0 Å². The van der Waals surface area contributed by atoms with Crippen molar-refractivity contribution >= 4 is 11.9 Å². The minimum absolute atomic E-state index is 0.0182. The van der Waals surface area contributed by atoms with E-state index in [9.17, 15) is 9.59 Å². The van der Waals surface area contributed by atoms with Crippen molar-refractivity contribution in [3.63, 3.8) is 0 Å². The summed E-state index contributed by atoms with van der Waals surface area (Å²) in [7, 11) is 0. The molecule has 18 heavy (non-hydrogen) atoms. The molecule has 0 aromatic heterocycles. The van der Waals surface area contributed by atoms with Crippen LogP contribution in [0.5, 0.6) is 0 Å². The van der Waals surface area contributed by atoms with Crippen molar-refractivity contribution < 1.29 is 24.2 Å². The molecule has 7 heteroatoms. The van der Waals surface area contributed by atoms with Gasteiger partial charge in [-0.2, -0.15) is 0 Å². The first-order chi connectivity index (χ1) is 8.66. The average molecular weight is 256 g/mol. The summed E-state index contributed by atoms with van der Waals surface area (Å²) in [6, 6.07) is 0. The van der Waals surface area contributed by atoms with E-state index in [1.165, 1.54) is 6.26 Å². The lowest BCUT2D eigenvalue weighted by atomic mass is 10.3. The molecule has 0 radical (unpaired) electrons. The van der Waals surface area contributed by atoms with Gasteiger partial charge in [0.2, 0.25) is 5.76 Å². The van der Waals surface area contributed by atoms with E-state index in [0.29, 0.717) is 39.4 Å². The molecule has 1 N–H and O–H groups in total. The Bertz CT molecular complexity index is 360. The molecular weight excluding hydrogens is 240 g/mol. The smallest absolute Gasteiger partial charge is 0.317 e. The van der Waals surface area contributed by atoms with E-state index in [2.05, 4.69) is 0 Å². The molecule has 0 spiro atoms. The van der Waals surface area contributed by atoms with Gasteiger partial charge in [0.15, 0.2) is 0 Å². The van der Waals surface area contributed by atoms with Crippen molar-refractivity contribution in [2.45, 2.75) is 0 Å². The van der Waals surface area contributed by atoms with E-state index in [-0.39, 0.29) is 18.2 Å². The molecule has 2 aliphatic rings. The summed E-state index contributed by atoms with van der Waals surface area (Å²) in [6.07, 6.45) is 1.34. The third-order valence-corrected chi connectivity index (χ3v) is 2.88. The summed E-state index contributed by atoms with van der Waals surface area (Å²) in [5.41, 5.74) is 0. The van der Waals surface area contributed by atoms with Crippen LogP contribution in [-0.4, -0.2) is 72.7 Å². The van der Waals surface area contributed by atoms with Gasteiger partial charge in [0, 0.05) is 26.2 Å². The number of amides is 1. The van der Waals surface area contributed by atoms with Crippen molar-refractivity contribution in [2.24, 2.45) is 0 Å². The van der Waals surface area contributed by atoms with Crippen molar-refractivity contribution in [2.75, 3.05) is 45.9 Å². The van der Waals surface area contributed by atoms with Crippen molar-refractivity contribution in [1.29, 1.82) is 0 Å². The molecule has 100 valence electrons. The summed E-state index contributed by atoms with van der Waals surface area (Å²) in [5.74, 6) is -0.806. The topological polar surface area (TPSA) is 79.3 Å². The number of hydrogen-bond acceptors (Lipinski definition) is 5. The molecule has 0 aliphatic carbocycles. The predicted molar refractivity (Wildman–Crippen MR) is 60.6 cm³/mol. The number of nitrogens with zero attached hydrogens (tertiary/aromatic N) is 2. The highest BCUT2D eigenvalue weighted by molar-refractivity contribution is 5.91. The highest BCUT2D eigenvalue weighted by Crippen LogP contribution is 2.11. The predicted octanol–water partition coefficient (Wildman–Crippen LogP) is -0.897. The molecule has 0 aromatic carbocycles. The number of carbonyl (C=O) groups is 2. The highest BCUT2D eigenvalue weighted by Gasteiger charge is 2.26. The van der Waals surface area contributed by atoms with Gasteiger partial charge in [0.1, 0.15) is 19.5 Å². The number of aliphatic carboxylic acids is 1. The largest absolute Gasteiger partial charge is 0.494 e. The summed E-state index contributed by atoms with van der Waals surface area (Å²) >= 11 is 0. The summed E-state index contributed by atoms with van der Waals surface area (Å²) in [4.78, 5) is 26.0. The van der Waals surface area contributed by atoms with Gasteiger partial charge in [-0.3, -0.25) is 14.5 Å². The number of ether oxygens (including phenoxy) is 2. The van der Waals surface area contributed by atoms with Gasteiger partial charge >= 0.3 is 5.97 Å². The van der Waals surface area contributed by atoms with Crippen LogP contribution >= 0.6 is 0 Å². The molecule has 2 rings (SSSR count). The fraction of sp³-hybridized carbons (Fsp3) is 0.636. The zero-order valence-corrected chi connectivity index (χ0v) is 10.0. The van der Waals surface area contributed by atoms with Crippen LogP contribution in [0, 0.1) is 0 Å². The molecular formula is C11H16N2O5. The maximum absolute atomic E-state index is 12.0. The van der Waals surface area contributed by atoms with E-state index in [1.807, 2.05) is 0 Å². The fourth-order valence-corrected chi connectivity index (χ4v) is 1.94. The van der Waals surface area contributed by atoms with E-state index >= 15 is 0 Å². The lowest BCUT2D eigenvalue weighted by Gasteiger charge is -2.34. The number of piperazine rings is 1. The van der Waals surface area contributed by atoms with Crippen LogP contribution in [0.3, 0.4) is 0 Å². The standard InChI is InChI=1S/C11H16N2O5/c14-10(15)7-12-1-3-13(4-2-12)11(16)9-8-17-5-6-18-9/h8H,1-7H2,(H,14,15). The van der Waals surface area contributed by atoms with Crippen LogP contribution in [0.2, 0.25) is 0 Å². The summed E-state index contributed by atoms with van der Waals surface area (Å²) < 4.78 is 10.3. The SMILES string of the molecule is O=C(O)CN1CCN(C(=O)C2=COCCO2)CC1. The lowest BCUT2D eigenvalue weighted by Crippen LogP contribution is -2.50. The van der Waals surface area contributed by atoms with E-state index in [0.717, 1.165) is 0 Å². The third kappa shape index (κ3) is 3.13. The van der Waals surface area contributed by atoms with E-state index < -0.39 is 5.97 Å². The number of carboxylic acid groups (broad SMARTS) is 1. The Morgan fingerprint density at radius 1 is 1.22 bits per heavy atom. The van der Waals surface area contributed by atoms with E-state index in [4.69, 9.17) is 14.6 Å². The zero-order chi connectivity index (χ0) is 13.0. The van der Waals surface area contributed by atoms with Gasteiger partial charge in [-0.05, 0) is 0 Å². The van der Waals surface area contributed by atoms with Gasteiger partial charge < -0.3 is 19.5 Å². The Balaban J connectivity index is 1.83. The maximum Gasteiger partial charge on any atom is 0.317 e. The monoisotopic (exact) mass is 256 g/mol. The maximum atomic E-state index is 12.0. The first-order valence-corrected chi connectivity index (χ1v) is 5.85. The minimum atomic E-state index is -0.846. The van der Waals surface area contributed by atoms with Crippen molar-refractivity contribution in [1.82, 2.24) is 9.80 Å². The second kappa shape index (κ2) is 5.72. The number of carboxylic acids is 1. The summed E-state index contributed by atoms with van der Waals surface area (Å²) in [5, 5.41) is 8.68. The molecule has 2 heterocycles. The lowest BCUT2D eigenvalue weighted by molar-refractivity contribution is -0.139. The Morgan fingerprint density at radius 2 is 1.94 bits per heavy atom. The normalized spacial score (nSPS) is 20.7. The molecule has 0 atom stereocenters. The van der Waals surface area contributed by atoms with Gasteiger partial charge in [-0.25, -0.2) is 0 Å². The van der Waals surface area contributed by atoms with Crippen LogP contribution in [0.4, 0.5) is 0 Å². The first kappa shape index (κ1) is 12.7. The third-order valence-electron chi connectivity index (χ3n) is 2.88. The summed E-state index contributed by atoms with van der Waals surface area (Å²) in [6.45, 7) is 3.00. The Morgan fingerprint density at radius 3 is 2.50 bits per heavy atom. The number of rotatable bonds is 3. The Hall–Kier alpha value is -1.76. The second-order valence-electron chi connectivity index (χ2n) is 4.16. The molecule has 1 amide bonds. The molecule has 0 aromatic rings. The quantitative estimate of drug-likeness (QED) is 0.705. The fourth-order valence-electron chi connectivity index (χ4n) is 1.94. The highest BCUT2D eigenvalue weighted by atomic mass is 16.6. The zero-order valence-electron chi connectivity index (χ0n) is 10.0. The van der Waals surface area contributed by atoms with Crippen molar-refractivity contribution in [3.8, 4) is 0 Å². The van der Waals surface area contributed by atoms with Crippen molar-refractivity contribution in [3.05, 3.63) is 12.0 Å². The van der Waals surface area contributed by atoms with Gasteiger partial charge in [-0.1, -0.05) is 0 Å². The molecule has 7 nitrogen and oxygen atoms in total. The first-order valence-electron chi connectivity index (χ1n) is 5.85. The van der Waals surface area contributed by atoms with E-state index in [1.54, 1.807) is 9.80 Å². The molecule has 2 aliphatic heterocycles. The number of carbonyl (C=O) groups excluding carboxylic acids is 1.